The van der Waals surface area contributed by atoms with Crippen molar-refractivity contribution in [1.82, 2.24) is 4.90 Å². The van der Waals surface area contributed by atoms with Gasteiger partial charge in [0.05, 0.1) is 5.69 Å². The first-order valence-corrected chi connectivity index (χ1v) is 9.40. The van der Waals surface area contributed by atoms with E-state index in [1.54, 1.807) is 35.2 Å². The van der Waals surface area contributed by atoms with Gasteiger partial charge in [0, 0.05) is 36.9 Å². The predicted molar refractivity (Wildman–Crippen MR) is 104 cm³/mol. The van der Waals surface area contributed by atoms with E-state index in [-0.39, 0.29) is 30.8 Å². The molecule has 146 valence electrons. The number of ether oxygens (including phenoxy) is 1. The fraction of sp³-hybridized carbons (Fsp3) is 0.300. The van der Waals surface area contributed by atoms with Crippen molar-refractivity contribution in [3.05, 3.63) is 53.3 Å². The number of carbonyl (C=O) groups excluding carboxylic acids is 2. The number of hydrogen-bond donors (Lipinski definition) is 0. The van der Waals surface area contributed by atoms with Crippen LogP contribution in [0.15, 0.2) is 42.5 Å². The van der Waals surface area contributed by atoms with Gasteiger partial charge >= 0.3 is 0 Å². The summed E-state index contributed by atoms with van der Waals surface area (Å²) in [6.07, 6.45) is 0. The molecule has 2 heterocycles. The van der Waals surface area contributed by atoms with Gasteiger partial charge in [-0.2, -0.15) is 0 Å². The number of hydrogen-bond acceptors (Lipinski definition) is 4. The standard InChI is InChI=1S/C20H19ClFN3O3/c21-14-1-6-18-17(11-14)25(20(27)13-28-18)12-19(26)24-9-7-23(8-10-24)16-4-2-15(22)3-5-16/h1-6,11H,7-10,12-13H2. The van der Waals surface area contributed by atoms with Crippen molar-refractivity contribution < 1.29 is 18.7 Å². The second-order valence-electron chi connectivity index (χ2n) is 6.72. The average Bonchev–Trinajstić information content (AvgIpc) is 2.71. The zero-order valence-corrected chi connectivity index (χ0v) is 15.9. The van der Waals surface area contributed by atoms with E-state index in [1.807, 2.05) is 0 Å². The quantitative estimate of drug-likeness (QED) is 0.790. The summed E-state index contributed by atoms with van der Waals surface area (Å²) in [4.78, 5) is 30.4. The van der Waals surface area contributed by atoms with Crippen LogP contribution in [0.5, 0.6) is 5.75 Å². The molecule has 0 atom stereocenters. The summed E-state index contributed by atoms with van der Waals surface area (Å²) in [7, 11) is 0. The Morgan fingerprint density at radius 3 is 2.50 bits per heavy atom. The Labute approximate surface area is 167 Å². The van der Waals surface area contributed by atoms with Crippen molar-refractivity contribution in [1.29, 1.82) is 0 Å². The zero-order valence-electron chi connectivity index (χ0n) is 15.1. The summed E-state index contributed by atoms with van der Waals surface area (Å²) in [6, 6.07) is 11.3. The van der Waals surface area contributed by atoms with Crippen molar-refractivity contribution >= 4 is 34.8 Å². The highest BCUT2D eigenvalue weighted by atomic mass is 35.5. The highest BCUT2D eigenvalue weighted by molar-refractivity contribution is 6.31. The summed E-state index contributed by atoms with van der Waals surface area (Å²) in [5.41, 5.74) is 1.45. The highest BCUT2D eigenvalue weighted by Gasteiger charge is 2.30. The fourth-order valence-corrected chi connectivity index (χ4v) is 3.62. The summed E-state index contributed by atoms with van der Waals surface area (Å²) in [5, 5.41) is 0.474. The molecular formula is C20H19ClFN3O3. The Balaban J connectivity index is 1.40. The molecule has 0 aromatic heterocycles. The topological polar surface area (TPSA) is 53.1 Å². The van der Waals surface area contributed by atoms with Gasteiger partial charge in [-0.15, -0.1) is 0 Å². The van der Waals surface area contributed by atoms with E-state index in [4.69, 9.17) is 16.3 Å². The van der Waals surface area contributed by atoms with Crippen LogP contribution in [-0.4, -0.2) is 56.0 Å². The number of amides is 2. The Hall–Kier alpha value is -2.80. The number of halogens is 2. The lowest BCUT2D eigenvalue weighted by Gasteiger charge is -2.37. The van der Waals surface area contributed by atoms with Crippen LogP contribution < -0.4 is 14.5 Å². The number of piperazine rings is 1. The van der Waals surface area contributed by atoms with Crippen LogP contribution in [0.2, 0.25) is 5.02 Å². The summed E-state index contributed by atoms with van der Waals surface area (Å²) < 4.78 is 18.5. The molecule has 0 saturated carbocycles. The van der Waals surface area contributed by atoms with Crippen LogP contribution in [0, 0.1) is 5.82 Å². The maximum Gasteiger partial charge on any atom is 0.265 e. The monoisotopic (exact) mass is 403 g/mol. The first kappa shape index (κ1) is 18.6. The molecule has 4 rings (SSSR count). The molecule has 0 N–H and O–H groups in total. The lowest BCUT2D eigenvalue weighted by atomic mass is 10.2. The third-order valence-electron chi connectivity index (χ3n) is 4.98. The van der Waals surface area contributed by atoms with Gasteiger partial charge in [-0.25, -0.2) is 4.39 Å². The summed E-state index contributed by atoms with van der Waals surface area (Å²) in [6.45, 7) is 2.23. The van der Waals surface area contributed by atoms with Crippen LogP contribution >= 0.6 is 11.6 Å². The van der Waals surface area contributed by atoms with Gasteiger partial charge in [0.15, 0.2) is 6.61 Å². The van der Waals surface area contributed by atoms with E-state index < -0.39 is 0 Å². The van der Waals surface area contributed by atoms with Crippen molar-refractivity contribution in [2.45, 2.75) is 0 Å². The predicted octanol–water partition coefficient (Wildman–Crippen LogP) is 2.55. The third-order valence-corrected chi connectivity index (χ3v) is 5.22. The Morgan fingerprint density at radius 1 is 1.07 bits per heavy atom. The second-order valence-corrected chi connectivity index (χ2v) is 7.16. The maximum absolute atomic E-state index is 13.1. The molecule has 6 nitrogen and oxygen atoms in total. The van der Waals surface area contributed by atoms with Crippen LogP contribution in [-0.2, 0) is 9.59 Å². The van der Waals surface area contributed by atoms with E-state index in [9.17, 15) is 14.0 Å². The molecule has 28 heavy (non-hydrogen) atoms. The van der Waals surface area contributed by atoms with Crippen molar-refractivity contribution in [3.63, 3.8) is 0 Å². The van der Waals surface area contributed by atoms with Crippen molar-refractivity contribution in [2.24, 2.45) is 0 Å². The molecule has 2 aliphatic rings. The smallest absolute Gasteiger partial charge is 0.265 e. The van der Waals surface area contributed by atoms with E-state index >= 15 is 0 Å². The minimum absolute atomic E-state index is 0.0495. The normalized spacial score (nSPS) is 16.6. The maximum atomic E-state index is 13.1. The third kappa shape index (κ3) is 3.75. The van der Waals surface area contributed by atoms with Gasteiger partial charge in [-0.1, -0.05) is 11.6 Å². The lowest BCUT2D eigenvalue weighted by molar-refractivity contribution is -0.132. The number of carbonyl (C=O) groups is 2. The molecule has 2 aliphatic heterocycles. The molecule has 2 aromatic carbocycles. The number of benzene rings is 2. The minimum Gasteiger partial charge on any atom is -0.482 e. The molecule has 2 aromatic rings. The van der Waals surface area contributed by atoms with Crippen LogP contribution in [0.3, 0.4) is 0 Å². The van der Waals surface area contributed by atoms with Gasteiger partial charge in [-0.3, -0.25) is 14.5 Å². The molecular weight excluding hydrogens is 385 g/mol. The number of fused-ring (bicyclic) bond motifs is 1. The van der Waals surface area contributed by atoms with E-state index in [0.29, 0.717) is 42.6 Å². The second kappa shape index (κ2) is 7.67. The van der Waals surface area contributed by atoms with Crippen LogP contribution in [0.4, 0.5) is 15.8 Å². The molecule has 1 fully saturated rings. The largest absolute Gasteiger partial charge is 0.482 e. The van der Waals surface area contributed by atoms with Gasteiger partial charge in [0.25, 0.3) is 5.91 Å². The molecule has 0 radical (unpaired) electrons. The van der Waals surface area contributed by atoms with Gasteiger partial charge in [-0.05, 0) is 42.5 Å². The SMILES string of the molecule is O=C(CN1C(=O)COc2ccc(Cl)cc21)N1CCN(c2ccc(F)cc2)CC1. The zero-order chi connectivity index (χ0) is 19.7. The van der Waals surface area contributed by atoms with Crippen LogP contribution in [0.25, 0.3) is 0 Å². The number of rotatable bonds is 3. The molecule has 0 unspecified atom stereocenters. The molecule has 0 aliphatic carbocycles. The highest BCUT2D eigenvalue weighted by Crippen LogP contribution is 2.34. The average molecular weight is 404 g/mol. The number of nitrogens with zero attached hydrogens (tertiary/aromatic N) is 3. The Kier molecular flexibility index (Phi) is 5.09. The Bertz CT molecular complexity index is 898. The summed E-state index contributed by atoms with van der Waals surface area (Å²) in [5.74, 6) is -0.126. The first-order valence-electron chi connectivity index (χ1n) is 9.02. The minimum atomic E-state index is -0.270. The fourth-order valence-electron chi connectivity index (χ4n) is 3.45. The van der Waals surface area contributed by atoms with E-state index in [0.717, 1.165) is 5.69 Å². The van der Waals surface area contributed by atoms with Gasteiger partial charge in [0.1, 0.15) is 18.1 Å². The van der Waals surface area contributed by atoms with E-state index in [2.05, 4.69) is 4.90 Å². The summed E-state index contributed by atoms with van der Waals surface area (Å²) >= 11 is 6.04. The molecule has 2 amide bonds. The number of anilines is 2. The van der Waals surface area contributed by atoms with Crippen molar-refractivity contribution in [2.75, 3.05) is 49.1 Å². The van der Waals surface area contributed by atoms with E-state index in [1.165, 1.54) is 17.0 Å². The molecule has 1 saturated heterocycles. The molecule has 8 heteroatoms. The Morgan fingerprint density at radius 2 is 1.79 bits per heavy atom. The molecule has 0 spiro atoms. The first-order chi connectivity index (χ1) is 13.5. The van der Waals surface area contributed by atoms with Gasteiger partial charge in [0.2, 0.25) is 5.91 Å². The lowest BCUT2D eigenvalue weighted by Crippen LogP contribution is -2.53. The van der Waals surface area contributed by atoms with Crippen molar-refractivity contribution in [3.8, 4) is 5.75 Å². The molecule has 0 bridgehead atoms. The van der Waals surface area contributed by atoms with Gasteiger partial charge < -0.3 is 14.5 Å². The van der Waals surface area contributed by atoms with Crippen LogP contribution in [0.1, 0.15) is 0 Å².